The summed E-state index contributed by atoms with van der Waals surface area (Å²) >= 11 is 0. The van der Waals surface area contributed by atoms with Crippen LogP contribution in [0.25, 0.3) is 0 Å². The molecule has 0 bridgehead atoms. The third-order valence-electron chi connectivity index (χ3n) is 3.31. The van der Waals surface area contributed by atoms with E-state index in [4.69, 9.17) is 0 Å². The summed E-state index contributed by atoms with van der Waals surface area (Å²) in [6.07, 6.45) is 0.561. The molecule has 0 saturated carbocycles. The van der Waals surface area contributed by atoms with Gasteiger partial charge in [-0.15, -0.1) is 0 Å². The van der Waals surface area contributed by atoms with Gasteiger partial charge in [-0.3, -0.25) is 10.2 Å². The summed E-state index contributed by atoms with van der Waals surface area (Å²) in [5.41, 5.74) is 0. The average molecular weight is 198 g/mol. The molecular weight excluding hydrogens is 176 g/mol. The largest absolute Gasteiger partial charge is 0.314 e. The molecule has 2 saturated heterocycles. The lowest BCUT2D eigenvalue weighted by Gasteiger charge is -2.44. The van der Waals surface area contributed by atoms with Crippen molar-refractivity contribution in [3.63, 3.8) is 0 Å². The highest BCUT2D eigenvalue weighted by atomic mass is 15.4. The van der Waals surface area contributed by atoms with E-state index in [-0.39, 0.29) is 0 Å². The molecule has 0 aliphatic carbocycles. The van der Waals surface area contributed by atoms with Crippen LogP contribution in [-0.2, 0) is 0 Å². The van der Waals surface area contributed by atoms with Crippen molar-refractivity contribution >= 4 is 0 Å². The molecule has 0 amide bonds. The maximum absolute atomic E-state index is 3.61. The Morgan fingerprint density at radius 3 is 2.79 bits per heavy atom. The van der Waals surface area contributed by atoms with E-state index in [9.17, 15) is 0 Å². The van der Waals surface area contributed by atoms with Crippen LogP contribution >= 0.6 is 0 Å². The Bertz CT molecular complexity index is 185. The van der Waals surface area contributed by atoms with Crippen molar-refractivity contribution in [1.29, 1.82) is 0 Å². The molecule has 0 aromatic carbocycles. The summed E-state index contributed by atoms with van der Waals surface area (Å²) in [6.45, 7) is 9.20. The Labute approximate surface area is 86.6 Å². The predicted molar refractivity (Wildman–Crippen MR) is 58.3 cm³/mol. The molecule has 2 atom stereocenters. The van der Waals surface area contributed by atoms with Gasteiger partial charge < -0.3 is 10.2 Å². The van der Waals surface area contributed by atoms with Gasteiger partial charge in [0.1, 0.15) is 0 Å². The minimum absolute atomic E-state index is 0.561. The molecule has 2 rings (SSSR count). The normalized spacial score (nSPS) is 37.3. The standard InChI is InChI=1S/C10H22N4/c1-9-7-11-3-6-14(9)10-8-13(2)5-4-12-10/h9-12H,3-8H2,1-2H3. The van der Waals surface area contributed by atoms with Crippen molar-refractivity contribution in [2.45, 2.75) is 19.1 Å². The number of piperazine rings is 2. The molecule has 82 valence electrons. The van der Waals surface area contributed by atoms with Crippen LogP contribution in [0.5, 0.6) is 0 Å². The SMILES string of the molecule is CC1CNCCN1C1CN(C)CCN1. The molecule has 0 aromatic heterocycles. The second kappa shape index (κ2) is 4.57. The molecular formula is C10H22N4. The van der Waals surface area contributed by atoms with Crippen LogP contribution < -0.4 is 10.6 Å². The Kier molecular flexibility index (Phi) is 3.38. The van der Waals surface area contributed by atoms with E-state index in [0.717, 1.165) is 26.2 Å². The van der Waals surface area contributed by atoms with Crippen molar-refractivity contribution < 1.29 is 0 Å². The summed E-state index contributed by atoms with van der Waals surface area (Å²) in [4.78, 5) is 5.00. The summed E-state index contributed by atoms with van der Waals surface area (Å²) in [5, 5.41) is 7.04. The predicted octanol–water partition coefficient (Wildman–Crippen LogP) is -0.859. The topological polar surface area (TPSA) is 30.5 Å². The molecule has 2 aliphatic heterocycles. The maximum Gasteiger partial charge on any atom is 0.0731 e. The van der Waals surface area contributed by atoms with Crippen molar-refractivity contribution in [1.82, 2.24) is 20.4 Å². The summed E-state index contributed by atoms with van der Waals surface area (Å²) in [5.74, 6) is 0. The van der Waals surface area contributed by atoms with Gasteiger partial charge >= 0.3 is 0 Å². The van der Waals surface area contributed by atoms with Crippen LogP contribution in [0, 0.1) is 0 Å². The minimum Gasteiger partial charge on any atom is -0.314 e. The van der Waals surface area contributed by atoms with E-state index < -0.39 is 0 Å². The van der Waals surface area contributed by atoms with Gasteiger partial charge in [-0.25, -0.2) is 0 Å². The Balaban J connectivity index is 1.91. The zero-order valence-electron chi connectivity index (χ0n) is 9.29. The minimum atomic E-state index is 0.561. The van der Waals surface area contributed by atoms with Gasteiger partial charge in [-0.2, -0.15) is 0 Å². The maximum atomic E-state index is 3.61. The molecule has 4 nitrogen and oxygen atoms in total. The number of nitrogens with one attached hydrogen (secondary N) is 2. The monoisotopic (exact) mass is 198 g/mol. The lowest BCUT2D eigenvalue weighted by Crippen LogP contribution is -2.63. The zero-order valence-corrected chi connectivity index (χ0v) is 9.29. The van der Waals surface area contributed by atoms with Crippen molar-refractivity contribution in [3.05, 3.63) is 0 Å². The van der Waals surface area contributed by atoms with E-state index in [1.165, 1.54) is 13.1 Å². The Morgan fingerprint density at radius 2 is 2.07 bits per heavy atom. The van der Waals surface area contributed by atoms with Crippen LogP contribution in [-0.4, -0.2) is 68.3 Å². The molecule has 2 N–H and O–H groups in total. The average Bonchev–Trinajstić information content (AvgIpc) is 2.18. The number of hydrogen-bond acceptors (Lipinski definition) is 4. The van der Waals surface area contributed by atoms with Gasteiger partial charge in [0.05, 0.1) is 6.17 Å². The Morgan fingerprint density at radius 1 is 1.21 bits per heavy atom. The van der Waals surface area contributed by atoms with Gasteiger partial charge in [0, 0.05) is 45.3 Å². The smallest absolute Gasteiger partial charge is 0.0731 e. The molecule has 4 heteroatoms. The third kappa shape index (κ3) is 2.25. The summed E-state index contributed by atoms with van der Waals surface area (Å²) in [6, 6.07) is 0.660. The summed E-state index contributed by atoms with van der Waals surface area (Å²) < 4.78 is 0. The molecule has 2 unspecified atom stereocenters. The number of likely N-dealkylation sites (N-methyl/N-ethyl adjacent to an activating group) is 1. The molecule has 2 aliphatic rings. The first-order valence-corrected chi connectivity index (χ1v) is 5.66. The highest BCUT2D eigenvalue weighted by Crippen LogP contribution is 2.09. The second-order valence-electron chi connectivity index (χ2n) is 4.52. The van der Waals surface area contributed by atoms with Gasteiger partial charge in [0.2, 0.25) is 0 Å². The first kappa shape index (κ1) is 10.4. The van der Waals surface area contributed by atoms with E-state index in [0.29, 0.717) is 12.2 Å². The van der Waals surface area contributed by atoms with Crippen LogP contribution in [0.15, 0.2) is 0 Å². The summed E-state index contributed by atoms with van der Waals surface area (Å²) in [7, 11) is 2.21. The molecule has 2 heterocycles. The van der Waals surface area contributed by atoms with E-state index in [1.807, 2.05) is 0 Å². The molecule has 0 aromatic rings. The first-order valence-electron chi connectivity index (χ1n) is 5.66. The zero-order chi connectivity index (χ0) is 9.97. The van der Waals surface area contributed by atoms with Crippen LogP contribution in [0.1, 0.15) is 6.92 Å². The van der Waals surface area contributed by atoms with Crippen LogP contribution in [0.4, 0.5) is 0 Å². The van der Waals surface area contributed by atoms with E-state index in [2.05, 4.69) is 34.4 Å². The van der Waals surface area contributed by atoms with Crippen molar-refractivity contribution in [2.75, 3.05) is 46.3 Å². The van der Waals surface area contributed by atoms with Gasteiger partial charge in [0.25, 0.3) is 0 Å². The van der Waals surface area contributed by atoms with Gasteiger partial charge in [-0.05, 0) is 14.0 Å². The first-order chi connectivity index (χ1) is 6.77. The number of hydrogen-bond donors (Lipinski definition) is 2. The lowest BCUT2D eigenvalue weighted by atomic mass is 10.2. The van der Waals surface area contributed by atoms with Crippen molar-refractivity contribution in [2.24, 2.45) is 0 Å². The lowest BCUT2D eigenvalue weighted by molar-refractivity contribution is 0.0524. The Hall–Kier alpha value is -0.160. The fraction of sp³-hybridized carbons (Fsp3) is 1.00. The van der Waals surface area contributed by atoms with Crippen LogP contribution in [0.2, 0.25) is 0 Å². The third-order valence-corrected chi connectivity index (χ3v) is 3.31. The van der Waals surface area contributed by atoms with Crippen molar-refractivity contribution in [3.8, 4) is 0 Å². The van der Waals surface area contributed by atoms with Gasteiger partial charge in [0.15, 0.2) is 0 Å². The van der Waals surface area contributed by atoms with Crippen LogP contribution in [0.3, 0.4) is 0 Å². The van der Waals surface area contributed by atoms with Gasteiger partial charge in [-0.1, -0.05) is 0 Å². The molecule has 2 fully saturated rings. The molecule has 14 heavy (non-hydrogen) atoms. The molecule has 0 radical (unpaired) electrons. The second-order valence-corrected chi connectivity index (χ2v) is 4.52. The number of nitrogens with zero attached hydrogens (tertiary/aromatic N) is 2. The fourth-order valence-electron chi connectivity index (χ4n) is 2.41. The number of rotatable bonds is 1. The van der Waals surface area contributed by atoms with E-state index in [1.54, 1.807) is 0 Å². The highest BCUT2D eigenvalue weighted by Gasteiger charge is 2.28. The highest BCUT2D eigenvalue weighted by molar-refractivity contribution is 4.85. The van der Waals surface area contributed by atoms with E-state index >= 15 is 0 Å². The fourth-order valence-corrected chi connectivity index (χ4v) is 2.41. The molecule has 0 spiro atoms. The quantitative estimate of drug-likeness (QED) is 0.574.